The molecule has 1 fully saturated rings. The first-order valence-corrected chi connectivity index (χ1v) is 6.21. The first-order chi connectivity index (χ1) is 8.34. The lowest BCUT2D eigenvalue weighted by Gasteiger charge is -2.29. The van der Waals surface area contributed by atoms with E-state index >= 15 is 0 Å². The lowest BCUT2D eigenvalue weighted by molar-refractivity contribution is 0.201. The molecular formula is C12H21N5. The second kappa shape index (κ2) is 6.64. The zero-order valence-corrected chi connectivity index (χ0v) is 10.5. The molecule has 5 nitrogen and oxygen atoms in total. The van der Waals surface area contributed by atoms with Crippen molar-refractivity contribution in [2.75, 3.05) is 46.3 Å². The zero-order valence-electron chi connectivity index (χ0n) is 10.5. The minimum Gasteiger partial charge on any atom is -0.314 e. The number of hydrogen-bond donors (Lipinski definition) is 1. The first-order valence-electron chi connectivity index (χ1n) is 6.21. The van der Waals surface area contributed by atoms with E-state index in [1.807, 2.05) is 6.07 Å². The largest absolute Gasteiger partial charge is 0.314 e. The van der Waals surface area contributed by atoms with E-state index in [-0.39, 0.29) is 0 Å². The van der Waals surface area contributed by atoms with Crippen LogP contribution in [0.4, 0.5) is 0 Å². The molecule has 0 unspecified atom stereocenters. The average Bonchev–Trinajstić information content (AvgIpc) is 2.39. The molecule has 5 heteroatoms. The fraction of sp³-hybridized carbons (Fsp3) is 0.667. The summed E-state index contributed by atoms with van der Waals surface area (Å²) in [5, 5.41) is 3.37. The number of nitrogens with zero attached hydrogens (tertiary/aromatic N) is 4. The summed E-state index contributed by atoms with van der Waals surface area (Å²) in [6.07, 6.45) is 3.41. The molecule has 2 heterocycles. The molecule has 0 radical (unpaired) electrons. The average molecular weight is 235 g/mol. The Hall–Kier alpha value is -1.04. The second-order valence-corrected chi connectivity index (χ2v) is 4.53. The van der Waals surface area contributed by atoms with Crippen molar-refractivity contribution in [3.63, 3.8) is 0 Å². The van der Waals surface area contributed by atoms with Gasteiger partial charge in [0.1, 0.15) is 6.33 Å². The van der Waals surface area contributed by atoms with E-state index in [0.29, 0.717) is 0 Å². The van der Waals surface area contributed by atoms with Crippen LogP contribution in [0.25, 0.3) is 0 Å². The van der Waals surface area contributed by atoms with Crippen molar-refractivity contribution in [1.82, 2.24) is 25.1 Å². The van der Waals surface area contributed by atoms with Gasteiger partial charge >= 0.3 is 0 Å². The predicted molar refractivity (Wildman–Crippen MR) is 67.7 cm³/mol. The van der Waals surface area contributed by atoms with Crippen molar-refractivity contribution in [2.45, 2.75) is 6.54 Å². The first kappa shape index (κ1) is 12.4. The van der Waals surface area contributed by atoms with E-state index in [0.717, 1.165) is 38.4 Å². The van der Waals surface area contributed by atoms with Crippen LogP contribution in [0.1, 0.15) is 5.69 Å². The van der Waals surface area contributed by atoms with Gasteiger partial charge in [-0.1, -0.05) is 0 Å². The van der Waals surface area contributed by atoms with Gasteiger partial charge in [-0.25, -0.2) is 9.97 Å². The van der Waals surface area contributed by atoms with Crippen LogP contribution in [0, 0.1) is 0 Å². The number of rotatable bonds is 5. The summed E-state index contributed by atoms with van der Waals surface area (Å²) < 4.78 is 0. The third-order valence-corrected chi connectivity index (χ3v) is 3.08. The second-order valence-electron chi connectivity index (χ2n) is 4.53. The highest BCUT2D eigenvalue weighted by atomic mass is 15.2. The fourth-order valence-corrected chi connectivity index (χ4v) is 2.01. The van der Waals surface area contributed by atoms with Gasteiger partial charge in [0.15, 0.2) is 0 Å². The Morgan fingerprint density at radius 1 is 1.41 bits per heavy atom. The van der Waals surface area contributed by atoms with Crippen molar-refractivity contribution < 1.29 is 0 Å². The Morgan fingerprint density at radius 3 is 2.94 bits per heavy atom. The maximum atomic E-state index is 4.24. The van der Waals surface area contributed by atoms with Crippen LogP contribution in [0.15, 0.2) is 18.6 Å². The Morgan fingerprint density at radius 2 is 2.24 bits per heavy atom. The minimum absolute atomic E-state index is 0.897. The quantitative estimate of drug-likeness (QED) is 0.766. The molecule has 2 rings (SSSR count). The van der Waals surface area contributed by atoms with Gasteiger partial charge in [0, 0.05) is 52.0 Å². The van der Waals surface area contributed by atoms with Crippen molar-refractivity contribution in [1.29, 1.82) is 0 Å². The maximum absolute atomic E-state index is 4.24. The van der Waals surface area contributed by atoms with Gasteiger partial charge in [-0.3, -0.25) is 9.80 Å². The van der Waals surface area contributed by atoms with Gasteiger partial charge in [0.2, 0.25) is 0 Å². The van der Waals surface area contributed by atoms with E-state index in [1.165, 1.54) is 13.1 Å². The summed E-state index contributed by atoms with van der Waals surface area (Å²) >= 11 is 0. The third-order valence-electron chi connectivity index (χ3n) is 3.08. The Labute approximate surface area is 103 Å². The molecule has 17 heavy (non-hydrogen) atoms. The molecule has 0 bridgehead atoms. The van der Waals surface area contributed by atoms with Crippen LogP contribution in [0.2, 0.25) is 0 Å². The van der Waals surface area contributed by atoms with Gasteiger partial charge < -0.3 is 5.32 Å². The topological polar surface area (TPSA) is 44.3 Å². The van der Waals surface area contributed by atoms with Crippen LogP contribution >= 0.6 is 0 Å². The van der Waals surface area contributed by atoms with Gasteiger partial charge in [0.25, 0.3) is 0 Å². The molecule has 1 aliphatic rings. The van der Waals surface area contributed by atoms with Crippen molar-refractivity contribution in [3.05, 3.63) is 24.3 Å². The highest BCUT2D eigenvalue weighted by Crippen LogP contribution is 1.98. The molecule has 0 atom stereocenters. The van der Waals surface area contributed by atoms with Gasteiger partial charge in [-0.05, 0) is 13.1 Å². The number of aromatic nitrogens is 2. The maximum Gasteiger partial charge on any atom is 0.115 e. The molecule has 0 aliphatic carbocycles. The highest BCUT2D eigenvalue weighted by molar-refractivity contribution is 4.97. The van der Waals surface area contributed by atoms with Gasteiger partial charge in [0.05, 0.1) is 5.69 Å². The minimum atomic E-state index is 0.897. The van der Waals surface area contributed by atoms with E-state index in [4.69, 9.17) is 0 Å². The van der Waals surface area contributed by atoms with E-state index in [2.05, 4.69) is 32.1 Å². The van der Waals surface area contributed by atoms with E-state index in [9.17, 15) is 0 Å². The monoisotopic (exact) mass is 235 g/mol. The molecular weight excluding hydrogens is 214 g/mol. The Bertz CT molecular complexity index is 310. The van der Waals surface area contributed by atoms with Gasteiger partial charge in [-0.2, -0.15) is 0 Å². The Kier molecular flexibility index (Phi) is 4.85. The van der Waals surface area contributed by atoms with Crippen LogP contribution in [-0.2, 0) is 6.54 Å². The smallest absolute Gasteiger partial charge is 0.115 e. The van der Waals surface area contributed by atoms with Crippen molar-refractivity contribution in [3.8, 4) is 0 Å². The summed E-state index contributed by atoms with van der Waals surface area (Å²) in [5.41, 5.74) is 1.09. The molecule has 0 amide bonds. The lowest BCUT2D eigenvalue weighted by atomic mass is 10.3. The third kappa shape index (κ3) is 4.38. The summed E-state index contributed by atoms with van der Waals surface area (Å²) in [6, 6.07) is 1.97. The molecule has 0 saturated carbocycles. The number of likely N-dealkylation sites (N-methyl/N-ethyl adjacent to an activating group) is 1. The van der Waals surface area contributed by atoms with Crippen LogP contribution < -0.4 is 5.32 Å². The molecule has 94 valence electrons. The van der Waals surface area contributed by atoms with Gasteiger partial charge in [-0.15, -0.1) is 0 Å². The summed E-state index contributed by atoms with van der Waals surface area (Å²) in [4.78, 5) is 13.0. The summed E-state index contributed by atoms with van der Waals surface area (Å²) in [7, 11) is 2.14. The number of piperazine rings is 1. The Balaban J connectivity index is 1.68. The molecule has 1 N–H and O–H groups in total. The molecule has 1 aliphatic heterocycles. The zero-order chi connectivity index (χ0) is 11.9. The number of hydrogen-bond acceptors (Lipinski definition) is 5. The normalized spacial score (nSPS) is 17.5. The van der Waals surface area contributed by atoms with E-state index < -0.39 is 0 Å². The molecule has 0 spiro atoms. The van der Waals surface area contributed by atoms with Crippen LogP contribution in [0.3, 0.4) is 0 Å². The standard InChI is InChI=1S/C12H21N5/c1-16(10-12-2-3-14-11-15-12)8-9-17-6-4-13-5-7-17/h2-3,11,13H,4-10H2,1H3. The number of nitrogens with one attached hydrogen (secondary N) is 1. The lowest BCUT2D eigenvalue weighted by Crippen LogP contribution is -2.45. The predicted octanol–water partition coefficient (Wildman–Crippen LogP) is -0.186. The molecule has 1 aromatic rings. The summed E-state index contributed by atoms with van der Waals surface area (Å²) in [5.74, 6) is 0. The molecule has 1 saturated heterocycles. The summed E-state index contributed by atoms with van der Waals surface area (Å²) in [6.45, 7) is 7.70. The SMILES string of the molecule is CN(CCN1CCNCC1)Cc1ccncn1. The van der Waals surface area contributed by atoms with E-state index in [1.54, 1.807) is 12.5 Å². The van der Waals surface area contributed by atoms with Crippen molar-refractivity contribution >= 4 is 0 Å². The molecule has 0 aromatic carbocycles. The highest BCUT2D eigenvalue weighted by Gasteiger charge is 2.10. The fourth-order valence-electron chi connectivity index (χ4n) is 2.01. The van der Waals surface area contributed by atoms with Crippen LogP contribution in [0.5, 0.6) is 0 Å². The van der Waals surface area contributed by atoms with Crippen molar-refractivity contribution in [2.24, 2.45) is 0 Å². The van der Waals surface area contributed by atoms with Crippen LogP contribution in [-0.4, -0.2) is 66.1 Å². The molecule has 1 aromatic heterocycles.